The lowest BCUT2D eigenvalue weighted by atomic mass is 9.95. The molecule has 1 aromatic carbocycles. The van der Waals surface area contributed by atoms with E-state index < -0.39 is 0 Å². The average molecular weight is 345 g/mol. The normalized spacial score (nSPS) is 15.1. The van der Waals surface area contributed by atoms with Crippen molar-refractivity contribution >= 4 is 18.0 Å². The Kier molecular flexibility index (Phi) is 7.95. The highest BCUT2D eigenvalue weighted by atomic mass is 16.5. The zero-order valence-electron chi connectivity index (χ0n) is 14.8. The molecule has 2 rings (SSSR count). The molecule has 1 fully saturated rings. The molecule has 25 heavy (non-hydrogen) atoms. The first-order valence-corrected chi connectivity index (χ1v) is 8.92. The Labute approximate surface area is 149 Å². The largest absolute Gasteiger partial charge is 0.497 e. The van der Waals surface area contributed by atoms with Crippen molar-refractivity contribution in [2.24, 2.45) is 5.10 Å². The molecule has 0 unspecified atom stereocenters. The molecular formula is C19H27N3O3. The molecule has 6 heteroatoms. The Morgan fingerprint density at radius 1 is 1.12 bits per heavy atom. The standard InChI is InChI=1S/C19H27N3O3/c1-25-17-12-10-15(11-13-17)14-20-22-19(24)9-5-8-18(23)21-16-6-3-2-4-7-16/h10-14,16H,2-9H2,1H3,(H,21,23)(H,22,24). The number of hydrogen-bond acceptors (Lipinski definition) is 4. The highest BCUT2D eigenvalue weighted by Gasteiger charge is 2.15. The van der Waals surface area contributed by atoms with E-state index in [1.807, 2.05) is 24.3 Å². The number of methoxy groups -OCH3 is 1. The second kappa shape index (κ2) is 10.5. The van der Waals surface area contributed by atoms with Crippen molar-refractivity contribution in [3.05, 3.63) is 29.8 Å². The second-order valence-electron chi connectivity index (χ2n) is 6.32. The Morgan fingerprint density at radius 2 is 1.80 bits per heavy atom. The number of ether oxygens (including phenoxy) is 1. The van der Waals surface area contributed by atoms with Crippen molar-refractivity contribution in [3.8, 4) is 5.75 Å². The number of benzene rings is 1. The third kappa shape index (κ3) is 7.37. The van der Waals surface area contributed by atoms with E-state index in [9.17, 15) is 9.59 Å². The van der Waals surface area contributed by atoms with Crippen LogP contribution in [0, 0.1) is 0 Å². The number of rotatable bonds is 8. The van der Waals surface area contributed by atoms with Gasteiger partial charge >= 0.3 is 0 Å². The van der Waals surface area contributed by atoms with Gasteiger partial charge in [0.25, 0.3) is 0 Å². The van der Waals surface area contributed by atoms with E-state index >= 15 is 0 Å². The zero-order chi connectivity index (χ0) is 17.9. The lowest BCUT2D eigenvalue weighted by molar-refractivity contribution is -0.123. The van der Waals surface area contributed by atoms with Gasteiger partial charge in [-0.1, -0.05) is 19.3 Å². The summed E-state index contributed by atoms with van der Waals surface area (Å²) in [4.78, 5) is 23.6. The van der Waals surface area contributed by atoms with E-state index in [4.69, 9.17) is 4.74 Å². The predicted octanol–water partition coefficient (Wildman–Crippen LogP) is 2.76. The van der Waals surface area contributed by atoms with E-state index in [1.165, 1.54) is 19.3 Å². The summed E-state index contributed by atoms with van der Waals surface area (Å²) in [5, 5.41) is 6.98. The van der Waals surface area contributed by atoms with Gasteiger partial charge in [-0.25, -0.2) is 5.43 Å². The van der Waals surface area contributed by atoms with Gasteiger partial charge in [0.2, 0.25) is 11.8 Å². The van der Waals surface area contributed by atoms with Crippen molar-refractivity contribution in [2.45, 2.75) is 57.4 Å². The molecule has 2 amide bonds. The molecule has 0 aromatic heterocycles. The summed E-state index contributed by atoms with van der Waals surface area (Å²) in [6, 6.07) is 7.68. The minimum atomic E-state index is -0.185. The van der Waals surface area contributed by atoms with E-state index in [-0.39, 0.29) is 18.2 Å². The van der Waals surface area contributed by atoms with Gasteiger partial charge in [0.05, 0.1) is 13.3 Å². The molecule has 0 atom stereocenters. The Balaban J connectivity index is 1.59. The SMILES string of the molecule is COc1ccc(C=NNC(=O)CCCC(=O)NC2CCCCC2)cc1. The molecule has 1 saturated carbocycles. The number of carbonyl (C=O) groups excluding carboxylic acids is 2. The van der Waals surface area contributed by atoms with Crippen molar-refractivity contribution < 1.29 is 14.3 Å². The molecule has 1 aliphatic carbocycles. The predicted molar refractivity (Wildman–Crippen MR) is 97.6 cm³/mol. The Hall–Kier alpha value is -2.37. The van der Waals surface area contributed by atoms with Gasteiger partial charge in [0.15, 0.2) is 0 Å². The molecule has 1 aliphatic rings. The lowest BCUT2D eigenvalue weighted by Crippen LogP contribution is -2.36. The third-order valence-corrected chi connectivity index (χ3v) is 4.30. The van der Waals surface area contributed by atoms with E-state index in [2.05, 4.69) is 15.8 Å². The molecule has 0 radical (unpaired) electrons. The minimum Gasteiger partial charge on any atom is -0.497 e. The molecule has 0 bridgehead atoms. The van der Waals surface area contributed by atoms with Crippen LogP contribution >= 0.6 is 0 Å². The first kappa shape index (κ1) is 19.0. The summed E-state index contributed by atoms with van der Waals surface area (Å²) < 4.78 is 5.08. The maximum atomic E-state index is 11.9. The van der Waals surface area contributed by atoms with Crippen LogP contribution in [0.5, 0.6) is 5.75 Å². The number of hydrogen-bond donors (Lipinski definition) is 2. The number of hydrazone groups is 1. The summed E-state index contributed by atoms with van der Waals surface area (Å²) in [5.74, 6) is 0.629. The van der Waals surface area contributed by atoms with Crippen LogP contribution in [0.15, 0.2) is 29.4 Å². The molecule has 2 N–H and O–H groups in total. The van der Waals surface area contributed by atoms with Gasteiger partial charge in [-0.2, -0.15) is 5.10 Å². The van der Waals surface area contributed by atoms with Gasteiger partial charge in [-0.15, -0.1) is 0 Å². The van der Waals surface area contributed by atoms with Crippen LogP contribution in [0.3, 0.4) is 0 Å². The Bertz CT molecular complexity index is 578. The monoisotopic (exact) mass is 345 g/mol. The van der Waals surface area contributed by atoms with Gasteiger partial charge in [-0.05, 0) is 49.1 Å². The molecule has 0 saturated heterocycles. The quantitative estimate of drug-likeness (QED) is 0.562. The summed E-state index contributed by atoms with van der Waals surface area (Å²) in [7, 11) is 1.61. The summed E-state index contributed by atoms with van der Waals surface area (Å²) in [6.07, 6.45) is 8.58. The van der Waals surface area contributed by atoms with E-state index in [0.717, 1.165) is 24.2 Å². The summed E-state index contributed by atoms with van der Waals surface area (Å²) >= 11 is 0. The fourth-order valence-corrected chi connectivity index (χ4v) is 2.88. The summed E-state index contributed by atoms with van der Waals surface area (Å²) in [5.41, 5.74) is 3.35. The lowest BCUT2D eigenvalue weighted by Gasteiger charge is -2.22. The average Bonchev–Trinajstić information content (AvgIpc) is 2.63. The number of nitrogens with one attached hydrogen (secondary N) is 2. The maximum Gasteiger partial charge on any atom is 0.240 e. The van der Waals surface area contributed by atoms with Crippen molar-refractivity contribution in [2.75, 3.05) is 7.11 Å². The van der Waals surface area contributed by atoms with Gasteiger partial charge in [0.1, 0.15) is 5.75 Å². The number of amides is 2. The highest BCUT2D eigenvalue weighted by molar-refractivity contribution is 5.83. The molecule has 0 spiro atoms. The van der Waals surface area contributed by atoms with E-state index in [0.29, 0.717) is 18.9 Å². The van der Waals surface area contributed by atoms with Crippen molar-refractivity contribution in [3.63, 3.8) is 0 Å². The minimum absolute atomic E-state index is 0.0430. The van der Waals surface area contributed by atoms with E-state index in [1.54, 1.807) is 13.3 Å². The van der Waals surface area contributed by atoms with Crippen molar-refractivity contribution in [1.82, 2.24) is 10.7 Å². The third-order valence-electron chi connectivity index (χ3n) is 4.30. The van der Waals surface area contributed by atoms with Crippen molar-refractivity contribution in [1.29, 1.82) is 0 Å². The first-order valence-electron chi connectivity index (χ1n) is 8.92. The molecule has 6 nitrogen and oxygen atoms in total. The first-order chi connectivity index (χ1) is 12.2. The van der Waals surface area contributed by atoms with Crippen LogP contribution < -0.4 is 15.5 Å². The molecule has 1 aromatic rings. The van der Waals surface area contributed by atoms with Crippen LogP contribution in [0.25, 0.3) is 0 Å². The number of nitrogens with zero attached hydrogens (tertiary/aromatic N) is 1. The molecule has 136 valence electrons. The summed E-state index contributed by atoms with van der Waals surface area (Å²) in [6.45, 7) is 0. The van der Waals surface area contributed by atoms with Gasteiger partial charge in [-0.3, -0.25) is 9.59 Å². The molecule has 0 heterocycles. The highest BCUT2D eigenvalue weighted by Crippen LogP contribution is 2.17. The number of carbonyl (C=O) groups is 2. The van der Waals surface area contributed by atoms with Crippen LogP contribution in [0.2, 0.25) is 0 Å². The van der Waals surface area contributed by atoms with Crippen LogP contribution in [0.4, 0.5) is 0 Å². The maximum absolute atomic E-state index is 11.9. The fourth-order valence-electron chi connectivity index (χ4n) is 2.88. The van der Waals surface area contributed by atoms with Crippen LogP contribution in [0.1, 0.15) is 56.9 Å². The fraction of sp³-hybridized carbons (Fsp3) is 0.526. The Morgan fingerprint density at radius 3 is 2.48 bits per heavy atom. The van der Waals surface area contributed by atoms with Crippen LogP contribution in [-0.2, 0) is 9.59 Å². The topological polar surface area (TPSA) is 79.8 Å². The zero-order valence-corrected chi connectivity index (χ0v) is 14.8. The smallest absolute Gasteiger partial charge is 0.240 e. The molecule has 0 aliphatic heterocycles. The van der Waals surface area contributed by atoms with Gasteiger partial charge in [0, 0.05) is 18.9 Å². The second-order valence-corrected chi connectivity index (χ2v) is 6.32. The molecular weight excluding hydrogens is 318 g/mol. The van der Waals surface area contributed by atoms with Gasteiger partial charge < -0.3 is 10.1 Å². The van der Waals surface area contributed by atoms with Crippen LogP contribution in [-0.4, -0.2) is 31.2 Å².